The third-order valence-electron chi connectivity index (χ3n) is 13.7. The zero-order valence-corrected chi connectivity index (χ0v) is 42.7. The molecule has 5 heterocycles. The summed E-state index contributed by atoms with van der Waals surface area (Å²) in [5.74, 6) is -6.73. The number of benzene rings is 2. The van der Waals surface area contributed by atoms with Crippen LogP contribution in [0.15, 0.2) is 54.6 Å². The van der Waals surface area contributed by atoms with E-state index >= 15 is 4.39 Å². The first-order chi connectivity index (χ1) is 36.9. The normalized spacial score (nSPS) is 17.1. The van der Waals surface area contributed by atoms with Crippen molar-refractivity contribution in [3.63, 3.8) is 0 Å². The summed E-state index contributed by atoms with van der Waals surface area (Å²) >= 11 is 5.90. The van der Waals surface area contributed by atoms with E-state index in [0.717, 1.165) is 33.7 Å². The number of nitrogens with one attached hydrogen (secondary N) is 7. The van der Waals surface area contributed by atoms with Gasteiger partial charge in [0.2, 0.25) is 41.4 Å². The fourth-order valence-corrected chi connectivity index (χ4v) is 9.98. The molecule has 0 unspecified atom stereocenters. The Labute approximate surface area is 444 Å². The lowest BCUT2D eigenvalue weighted by Gasteiger charge is -2.32. The maximum atomic E-state index is 15.4. The summed E-state index contributed by atoms with van der Waals surface area (Å²) < 4.78 is 28.4. The Hall–Kier alpha value is -8.29. The number of nitrogens with zero attached hydrogens (tertiary/aromatic N) is 3. The van der Waals surface area contributed by atoms with E-state index in [2.05, 4.69) is 37.2 Å². The Kier molecular flexibility index (Phi) is 16.9. The molecule has 404 valence electrons. The lowest BCUT2D eigenvalue weighted by molar-refractivity contribution is -0.172. The van der Waals surface area contributed by atoms with Gasteiger partial charge in [0.15, 0.2) is 5.60 Å². The van der Waals surface area contributed by atoms with E-state index in [4.69, 9.17) is 26.7 Å². The van der Waals surface area contributed by atoms with Gasteiger partial charge in [-0.2, -0.15) is 0 Å². The number of amides is 9. The van der Waals surface area contributed by atoms with E-state index in [1.165, 1.54) is 6.07 Å². The van der Waals surface area contributed by atoms with E-state index in [9.17, 15) is 53.1 Å². The maximum Gasteiger partial charge on any atom is 0.343 e. The zero-order valence-electron chi connectivity index (χ0n) is 41.9. The molecule has 2 aromatic heterocycles. The van der Waals surface area contributed by atoms with Crippen LogP contribution in [-0.4, -0.2) is 131 Å². The van der Waals surface area contributed by atoms with Crippen molar-refractivity contribution in [2.75, 3.05) is 46.1 Å². The van der Waals surface area contributed by atoms with E-state index in [0.29, 0.717) is 62.0 Å². The highest BCUT2D eigenvalue weighted by atomic mass is 32.1. The number of aromatic nitrogens is 2. The van der Waals surface area contributed by atoms with Crippen molar-refractivity contribution in [1.82, 2.24) is 51.7 Å². The smallest absolute Gasteiger partial charge is 0.343 e. The van der Waals surface area contributed by atoms with Crippen LogP contribution in [0, 0.1) is 17.4 Å². The Bertz CT molecular complexity index is 3200. The third kappa shape index (κ3) is 12.2. The summed E-state index contributed by atoms with van der Waals surface area (Å²) in [4.78, 5) is 131. The van der Waals surface area contributed by atoms with Crippen molar-refractivity contribution in [3.05, 3.63) is 104 Å². The van der Waals surface area contributed by atoms with Gasteiger partial charge in [-0.1, -0.05) is 49.5 Å². The minimum Gasteiger partial charge on any atom is -0.458 e. The van der Waals surface area contributed by atoms with Crippen LogP contribution in [0.25, 0.3) is 22.3 Å². The number of carbonyl (C=O) groups is 10. The molecule has 0 spiro atoms. The van der Waals surface area contributed by atoms with Crippen molar-refractivity contribution >= 4 is 82.3 Å². The van der Waals surface area contributed by atoms with Crippen LogP contribution in [-0.2, 0) is 89.0 Å². The topological polar surface area (TPSA) is 315 Å². The van der Waals surface area contributed by atoms with E-state index in [-0.39, 0.29) is 51.9 Å². The molecule has 0 fully saturated rings. The summed E-state index contributed by atoms with van der Waals surface area (Å²) in [5, 5.41) is 29.9. The summed E-state index contributed by atoms with van der Waals surface area (Å²) in [6, 6.07) is 9.98. The fourth-order valence-electron chi connectivity index (χ4n) is 9.65. The molecule has 9 amide bonds. The molecule has 3 aliphatic heterocycles. The largest absolute Gasteiger partial charge is 0.458 e. The van der Waals surface area contributed by atoms with Crippen molar-refractivity contribution in [2.24, 2.45) is 0 Å². The van der Waals surface area contributed by atoms with E-state index < -0.39 is 116 Å². The molecule has 4 aliphatic rings. The van der Waals surface area contributed by atoms with Gasteiger partial charge < -0.3 is 56.4 Å². The number of hydrogen-bond acceptors (Lipinski definition) is 15. The van der Waals surface area contributed by atoms with Gasteiger partial charge >= 0.3 is 5.97 Å². The molecule has 4 aromatic rings. The quantitative estimate of drug-likeness (QED) is 0.0149. The predicted octanol–water partition coefficient (Wildman–Crippen LogP) is -0.0123. The van der Waals surface area contributed by atoms with Crippen molar-refractivity contribution in [3.8, 4) is 11.4 Å². The average Bonchev–Trinajstić information content (AvgIpc) is 3.95. The summed E-state index contributed by atoms with van der Waals surface area (Å²) in [7, 11) is 0. The fraction of sp³-hybridized carbons (Fsp3) is 0.385. The highest BCUT2D eigenvalue weighted by Gasteiger charge is 2.45. The van der Waals surface area contributed by atoms with Gasteiger partial charge in [-0.3, -0.25) is 48.1 Å². The lowest BCUT2D eigenvalue weighted by Crippen LogP contribution is -2.52. The van der Waals surface area contributed by atoms with Gasteiger partial charge in [-0.25, -0.2) is 14.2 Å². The number of pyridine rings is 2. The molecule has 77 heavy (non-hydrogen) atoms. The summed E-state index contributed by atoms with van der Waals surface area (Å²) in [5.41, 5.74) is 3.66. The predicted molar refractivity (Wildman–Crippen MR) is 271 cm³/mol. The number of halogens is 1. The number of carbonyl (C=O) groups excluding carboxylic acids is 10. The highest BCUT2D eigenvalue weighted by molar-refractivity contribution is 7.71. The SMILES string of the molecule is CC[C@@]1(O)C(=O)OCc2c1cc1n(c2=S)Cc2c-1nc1cc(F)c(C)c3c1c2[C@H](NC(=O)COCNC(=O)CNC(=O)[C@H](Cc1ccccc1)NC(=O)CNC(=O)CNC(=O)CCNC(=O)CCN1C(=O)C=CC1=O)CC3. The van der Waals surface area contributed by atoms with Crippen molar-refractivity contribution in [1.29, 1.82) is 0 Å². The first-order valence-electron chi connectivity index (χ1n) is 24.8. The molecular weight excluding hydrogens is 1020 g/mol. The first kappa shape index (κ1) is 55.0. The number of esters is 1. The second-order valence-corrected chi connectivity index (χ2v) is 19.0. The second kappa shape index (κ2) is 23.7. The minimum absolute atomic E-state index is 0.0188. The Morgan fingerprint density at radius 1 is 0.870 bits per heavy atom. The maximum absolute atomic E-state index is 15.4. The van der Waals surface area contributed by atoms with Crippen molar-refractivity contribution < 1.29 is 66.9 Å². The molecule has 0 bridgehead atoms. The molecule has 2 aromatic carbocycles. The van der Waals surface area contributed by atoms with Gasteiger partial charge in [0.25, 0.3) is 11.8 Å². The van der Waals surface area contributed by atoms with Crippen LogP contribution >= 0.6 is 12.2 Å². The Morgan fingerprint density at radius 2 is 1.56 bits per heavy atom. The molecule has 1 aliphatic carbocycles. The number of rotatable bonds is 22. The number of aryl methyl sites for hydroxylation is 1. The molecular formula is C52H55FN10O13S. The molecule has 0 saturated carbocycles. The van der Waals surface area contributed by atoms with Crippen LogP contribution in [0.5, 0.6) is 0 Å². The number of hydrogen-bond donors (Lipinski definition) is 8. The highest BCUT2D eigenvalue weighted by Crippen LogP contribution is 2.47. The molecule has 0 saturated heterocycles. The van der Waals surface area contributed by atoms with Crippen LogP contribution < -0.4 is 37.2 Å². The van der Waals surface area contributed by atoms with Crippen LogP contribution in [0.2, 0.25) is 0 Å². The molecule has 25 heteroatoms. The summed E-state index contributed by atoms with van der Waals surface area (Å²) in [6.45, 7) is 0.815. The number of aliphatic hydroxyl groups is 1. The number of imide groups is 1. The van der Waals surface area contributed by atoms with Crippen LogP contribution in [0.3, 0.4) is 0 Å². The van der Waals surface area contributed by atoms with E-state index in [1.54, 1.807) is 50.2 Å². The Morgan fingerprint density at radius 3 is 2.30 bits per heavy atom. The minimum atomic E-state index is -1.93. The number of fused-ring (bicyclic) bond motifs is 5. The first-order valence-corrected chi connectivity index (χ1v) is 25.2. The second-order valence-electron chi connectivity index (χ2n) is 18.7. The molecule has 8 N–H and O–H groups in total. The third-order valence-corrected chi connectivity index (χ3v) is 14.2. The van der Waals surface area contributed by atoms with Crippen molar-refractivity contribution in [2.45, 2.75) is 83.2 Å². The average molecular weight is 1080 g/mol. The van der Waals surface area contributed by atoms with Gasteiger partial charge in [0, 0.05) is 72.6 Å². The Balaban J connectivity index is 0.796. The van der Waals surface area contributed by atoms with Crippen LogP contribution in [0.1, 0.15) is 77.6 Å². The molecule has 3 atom stereocenters. The lowest BCUT2D eigenvalue weighted by atomic mass is 9.81. The van der Waals surface area contributed by atoms with Crippen LogP contribution in [0.4, 0.5) is 4.39 Å². The monoisotopic (exact) mass is 1080 g/mol. The van der Waals surface area contributed by atoms with E-state index in [1.807, 2.05) is 4.57 Å². The number of cyclic esters (lactones) is 1. The molecule has 23 nitrogen and oxygen atoms in total. The van der Waals surface area contributed by atoms with Gasteiger partial charge in [-0.15, -0.1) is 0 Å². The van der Waals surface area contributed by atoms with Gasteiger partial charge in [0.1, 0.15) is 36.4 Å². The standard InChI is InChI=1S/C52H55FN10O13S/c1-3-52(74)32-18-37-48-30(23-63(37)50(77)31(32)24-76-51(52)73)47-34(10-9-29-27(2)33(53)19-35(61-48)46(29)47)59-43(69)25-75-26-58-41(67)21-57-49(72)36(17-28-7-5-4-6-8-28)60-42(68)22-56-40(66)20-55-38(64)13-15-54-39(65)14-16-62-44(70)11-12-45(62)71/h4-8,11-12,18-19,34,36,74H,3,9-10,13-17,20-26H2,1-2H3,(H,54,65)(H,55,64)(H,56,66)(H,57,72)(H,58,67)(H,59,69)(H,60,68)/t34-,36+,52+/m1/s1. The summed E-state index contributed by atoms with van der Waals surface area (Å²) in [6.07, 6.45) is 2.76. The number of ether oxygens (including phenoxy) is 2. The molecule has 8 rings (SSSR count). The van der Waals surface area contributed by atoms with Gasteiger partial charge in [-0.05, 0) is 54.5 Å². The van der Waals surface area contributed by atoms with Gasteiger partial charge in [0.05, 0.1) is 49.1 Å². The zero-order chi connectivity index (χ0) is 55.1. The molecule has 0 radical (unpaired) electrons.